The monoisotopic (exact) mass is 346 g/mol. The molecule has 3 aromatic rings. The fourth-order valence-electron chi connectivity index (χ4n) is 2.85. The molecule has 0 saturated carbocycles. The van der Waals surface area contributed by atoms with Crippen molar-refractivity contribution < 1.29 is 23.1 Å². The third-order valence-corrected chi connectivity index (χ3v) is 4.67. The molecule has 1 aromatic heterocycles. The fourth-order valence-corrected chi connectivity index (χ4v) is 3.65. The van der Waals surface area contributed by atoms with E-state index in [0.29, 0.717) is 11.2 Å². The number of anilines is 1. The van der Waals surface area contributed by atoms with Crippen molar-refractivity contribution in [2.45, 2.75) is 19.9 Å². The number of rotatable bonds is 5. The van der Waals surface area contributed by atoms with Crippen LogP contribution in [-0.4, -0.2) is 25.9 Å². The van der Waals surface area contributed by atoms with Gasteiger partial charge in [-0.3, -0.25) is 8.51 Å². The van der Waals surface area contributed by atoms with Crippen molar-refractivity contribution in [2.75, 3.05) is 4.31 Å². The van der Waals surface area contributed by atoms with Crippen molar-refractivity contribution in [3.63, 3.8) is 0 Å². The summed E-state index contributed by atoms with van der Waals surface area (Å²) < 4.78 is 30.0. The number of para-hydroxylation sites is 1. The summed E-state index contributed by atoms with van der Waals surface area (Å²) in [6.45, 7) is 3.33. The molecule has 0 radical (unpaired) electrons. The maximum Gasteiger partial charge on any atom is 0.327 e. The summed E-state index contributed by atoms with van der Waals surface area (Å²) in [4.78, 5) is 11.5. The number of carbonyl (C=O) groups is 1. The van der Waals surface area contributed by atoms with E-state index in [1.165, 1.54) is 0 Å². The Balaban J connectivity index is 2.16. The maximum absolute atomic E-state index is 11.7. The number of carboxylic acids is 1. The molecule has 0 aliphatic carbocycles. The summed E-state index contributed by atoms with van der Waals surface area (Å²) in [5, 5.41) is 11.2. The van der Waals surface area contributed by atoms with Crippen LogP contribution in [0.4, 0.5) is 5.69 Å². The van der Waals surface area contributed by atoms with Crippen LogP contribution >= 0.6 is 0 Å². The number of hydrogen-bond acceptors (Lipinski definition) is 4. The molecule has 0 amide bonds. The summed E-state index contributed by atoms with van der Waals surface area (Å²) in [5.74, 6) is -1.59. The van der Waals surface area contributed by atoms with Crippen LogP contribution in [0.5, 0.6) is 0 Å². The molecular formula is C17H16NO5S-. The third-order valence-electron chi connectivity index (χ3n) is 3.91. The fraction of sp³-hybridized carbons (Fsp3) is 0.235. The first kappa shape index (κ1) is 16.5. The summed E-state index contributed by atoms with van der Waals surface area (Å²) in [7, 11) is 0. The van der Waals surface area contributed by atoms with Crippen LogP contribution < -0.4 is 4.31 Å². The van der Waals surface area contributed by atoms with Crippen LogP contribution in [0.2, 0.25) is 0 Å². The van der Waals surface area contributed by atoms with Crippen LogP contribution in [0.3, 0.4) is 0 Å². The quantitative estimate of drug-likeness (QED) is 0.715. The first-order valence-corrected chi connectivity index (χ1v) is 8.46. The highest BCUT2D eigenvalue weighted by atomic mass is 32.2. The van der Waals surface area contributed by atoms with Crippen molar-refractivity contribution in [1.82, 2.24) is 0 Å². The lowest BCUT2D eigenvalue weighted by Gasteiger charge is -2.34. The molecule has 1 heterocycles. The molecule has 7 heteroatoms. The van der Waals surface area contributed by atoms with E-state index < -0.39 is 29.2 Å². The first-order chi connectivity index (χ1) is 11.4. The number of nitrogens with zero attached hydrogens (tertiary/aromatic N) is 1. The molecule has 126 valence electrons. The Morgan fingerprint density at radius 3 is 2.46 bits per heavy atom. The van der Waals surface area contributed by atoms with Gasteiger partial charge in [-0.2, -0.15) is 0 Å². The number of benzene rings is 2. The van der Waals surface area contributed by atoms with Crippen LogP contribution in [-0.2, 0) is 16.1 Å². The summed E-state index contributed by atoms with van der Waals surface area (Å²) >= 11 is -2.73. The molecule has 0 aliphatic rings. The molecule has 0 aliphatic heterocycles. The van der Waals surface area contributed by atoms with Crippen LogP contribution in [0, 0.1) is 5.92 Å². The van der Waals surface area contributed by atoms with Gasteiger partial charge < -0.3 is 14.1 Å². The van der Waals surface area contributed by atoms with Gasteiger partial charge in [0, 0.05) is 28.1 Å². The van der Waals surface area contributed by atoms with Crippen LogP contribution in [0.25, 0.3) is 21.9 Å². The summed E-state index contributed by atoms with van der Waals surface area (Å²) in [6.07, 6.45) is 0. The summed E-state index contributed by atoms with van der Waals surface area (Å²) in [6, 6.07) is 11.2. The zero-order valence-electron chi connectivity index (χ0n) is 13.1. The van der Waals surface area contributed by atoms with E-state index in [1.807, 2.05) is 24.3 Å². The van der Waals surface area contributed by atoms with Gasteiger partial charge in [-0.25, -0.2) is 4.79 Å². The summed E-state index contributed by atoms with van der Waals surface area (Å²) in [5.41, 5.74) is 1.46. The lowest BCUT2D eigenvalue weighted by molar-refractivity contribution is -0.139. The molecule has 2 aromatic carbocycles. The van der Waals surface area contributed by atoms with Crippen LogP contribution in [0.1, 0.15) is 13.8 Å². The number of fused-ring (bicyclic) bond motifs is 3. The van der Waals surface area contributed by atoms with Crippen molar-refractivity contribution in [3.8, 4) is 0 Å². The van der Waals surface area contributed by atoms with Gasteiger partial charge in [0.2, 0.25) is 0 Å². The average molecular weight is 346 g/mol. The molecular weight excluding hydrogens is 330 g/mol. The number of aliphatic carboxylic acids is 1. The Morgan fingerprint density at radius 2 is 1.83 bits per heavy atom. The van der Waals surface area contributed by atoms with Crippen LogP contribution in [0.15, 0.2) is 46.9 Å². The molecule has 0 fully saturated rings. The highest BCUT2D eigenvalue weighted by Gasteiger charge is 2.30. The smallest absolute Gasteiger partial charge is 0.327 e. The predicted molar refractivity (Wildman–Crippen MR) is 91.4 cm³/mol. The molecule has 6 nitrogen and oxygen atoms in total. The Bertz CT molecular complexity index is 933. The van der Waals surface area contributed by atoms with Gasteiger partial charge >= 0.3 is 5.97 Å². The lowest BCUT2D eigenvalue weighted by atomic mass is 10.0. The highest BCUT2D eigenvalue weighted by molar-refractivity contribution is 7.80. The largest absolute Gasteiger partial charge is 0.755 e. The Kier molecular flexibility index (Phi) is 4.29. The molecule has 2 atom stereocenters. The minimum Gasteiger partial charge on any atom is -0.755 e. The zero-order valence-corrected chi connectivity index (χ0v) is 13.9. The van der Waals surface area contributed by atoms with Gasteiger partial charge in [0.05, 0.1) is 5.69 Å². The average Bonchev–Trinajstić information content (AvgIpc) is 2.88. The second-order valence-corrected chi connectivity index (χ2v) is 6.68. The Labute approximate surface area is 141 Å². The molecule has 1 N–H and O–H groups in total. The first-order valence-electron chi connectivity index (χ1n) is 7.43. The van der Waals surface area contributed by atoms with E-state index in [0.717, 1.165) is 15.1 Å². The normalized spacial score (nSPS) is 14.2. The molecule has 3 rings (SSSR count). The molecule has 24 heavy (non-hydrogen) atoms. The number of furan rings is 1. The predicted octanol–water partition coefficient (Wildman–Crippen LogP) is 3.30. The molecule has 2 unspecified atom stereocenters. The van der Waals surface area contributed by atoms with E-state index in [2.05, 4.69) is 0 Å². The lowest BCUT2D eigenvalue weighted by Crippen LogP contribution is -2.45. The van der Waals surface area contributed by atoms with Gasteiger partial charge in [-0.1, -0.05) is 32.0 Å². The van der Waals surface area contributed by atoms with E-state index in [-0.39, 0.29) is 5.69 Å². The van der Waals surface area contributed by atoms with Crippen molar-refractivity contribution >= 4 is 44.9 Å². The molecule has 0 saturated heterocycles. The second kappa shape index (κ2) is 6.26. The van der Waals surface area contributed by atoms with E-state index in [9.17, 15) is 18.7 Å². The van der Waals surface area contributed by atoms with Crippen molar-refractivity contribution in [3.05, 3.63) is 42.5 Å². The van der Waals surface area contributed by atoms with E-state index in [1.54, 1.807) is 32.0 Å². The zero-order chi connectivity index (χ0) is 17.4. The minimum atomic E-state index is -2.73. The SMILES string of the molecule is CC(C)C(C(=O)O)N(c1ccc2c(c1)oc1ccccc12)S(=O)[O-]. The number of carboxylic acid groups (broad SMARTS) is 1. The second-order valence-electron chi connectivity index (χ2n) is 5.85. The van der Waals surface area contributed by atoms with Gasteiger partial charge in [0.1, 0.15) is 17.2 Å². The molecule has 0 spiro atoms. The van der Waals surface area contributed by atoms with Crippen molar-refractivity contribution in [2.24, 2.45) is 5.92 Å². The maximum atomic E-state index is 11.7. The minimum absolute atomic E-state index is 0.260. The van der Waals surface area contributed by atoms with Gasteiger partial charge in [-0.05, 0) is 24.1 Å². The molecule has 0 bridgehead atoms. The van der Waals surface area contributed by atoms with Gasteiger partial charge in [0.25, 0.3) is 0 Å². The third kappa shape index (κ3) is 2.76. The number of hydrogen-bond donors (Lipinski definition) is 1. The topological polar surface area (TPSA) is 93.8 Å². The van der Waals surface area contributed by atoms with E-state index >= 15 is 0 Å². The highest BCUT2D eigenvalue weighted by Crippen LogP contribution is 2.33. The van der Waals surface area contributed by atoms with Crippen molar-refractivity contribution in [1.29, 1.82) is 0 Å². The van der Waals surface area contributed by atoms with Gasteiger partial charge in [0.15, 0.2) is 0 Å². The Hall–Kier alpha value is -2.38. The van der Waals surface area contributed by atoms with Gasteiger partial charge in [-0.15, -0.1) is 0 Å². The standard InChI is InChI=1S/C17H17NO5S/c1-10(2)16(17(19)20)18(24(21)22)11-7-8-13-12-5-3-4-6-14(12)23-15(13)9-11/h3-10,16H,1-2H3,(H,19,20)(H,21,22)/p-1. The Morgan fingerprint density at radius 1 is 1.17 bits per heavy atom. The van der Waals surface area contributed by atoms with E-state index in [4.69, 9.17) is 4.42 Å².